The molecular weight excluding hydrogens is 338 g/mol. The Morgan fingerprint density at radius 1 is 1.42 bits per heavy atom. The van der Waals surface area contributed by atoms with Gasteiger partial charge in [0.15, 0.2) is 5.79 Å². The predicted octanol–water partition coefficient (Wildman–Crippen LogP) is 1.37. The number of nitrogens with one attached hydrogen (secondary N) is 1. The van der Waals surface area contributed by atoms with Crippen molar-refractivity contribution in [3.8, 4) is 5.75 Å². The van der Waals surface area contributed by atoms with Crippen LogP contribution in [0.1, 0.15) is 33.3 Å². The van der Waals surface area contributed by atoms with Crippen LogP contribution in [0.15, 0.2) is 24.3 Å². The maximum Gasteiger partial charge on any atom is 0.223 e. The average molecular weight is 365 g/mol. The molecule has 2 aliphatic rings. The highest BCUT2D eigenvalue weighted by atomic mass is 16.8. The zero-order chi connectivity index (χ0) is 18.9. The molecule has 3 rings (SSSR count). The Hall–Kier alpha value is -1.67. The first-order chi connectivity index (χ1) is 12.3. The molecule has 5 atom stereocenters. The van der Waals surface area contributed by atoms with E-state index in [2.05, 4.69) is 12.2 Å². The number of amides is 1. The van der Waals surface area contributed by atoms with Crippen molar-refractivity contribution < 1.29 is 28.8 Å². The van der Waals surface area contributed by atoms with Crippen LogP contribution in [0.5, 0.6) is 5.75 Å². The van der Waals surface area contributed by atoms with Gasteiger partial charge in [-0.3, -0.25) is 4.79 Å². The van der Waals surface area contributed by atoms with Gasteiger partial charge in [0.1, 0.15) is 30.1 Å². The molecule has 2 fully saturated rings. The highest BCUT2D eigenvalue weighted by molar-refractivity contribution is 5.73. The largest absolute Gasteiger partial charge is 0.463 e. The van der Waals surface area contributed by atoms with Crippen molar-refractivity contribution in [3.05, 3.63) is 29.8 Å². The van der Waals surface area contributed by atoms with Gasteiger partial charge in [0.2, 0.25) is 12.2 Å². The zero-order valence-electron chi connectivity index (χ0n) is 15.6. The molecule has 26 heavy (non-hydrogen) atoms. The number of hydrogen-bond acceptors (Lipinski definition) is 6. The van der Waals surface area contributed by atoms with E-state index in [9.17, 15) is 9.90 Å². The van der Waals surface area contributed by atoms with Gasteiger partial charge in [-0.25, -0.2) is 0 Å². The average Bonchev–Trinajstić information content (AvgIpc) is 2.58. The van der Waals surface area contributed by atoms with Crippen LogP contribution in [-0.4, -0.2) is 54.1 Å². The topological polar surface area (TPSA) is 86.2 Å². The van der Waals surface area contributed by atoms with Gasteiger partial charge in [-0.05, 0) is 38.0 Å². The standard InChI is InChI=1S/C19H27NO6/c1-5-12-7-6-8-13(9-12)24-18-15(20-11(2)21)16(22)17-14(25-18)10-23-19(3,4)26-17/h6-9,14-18,22H,5,10H2,1-4H3,(H,20,21)/t14-,15-,16-,17-,18-/m1/s1. The molecule has 2 N–H and O–H groups in total. The summed E-state index contributed by atoms with van der Waals surface area (Å²) in [5, 5.41) is 13.6. The van der Waals surface area contributed by atoms with Gasteiger partial charge in [0, 0.05) is 6.92 Å². The van der Waals surface area contributed by atoms with Crippen LogP contribution < -0.4 is 10.1 Å². The molecule has 144 valence electrons. The van der Waals surface area contributed by atoms with Crippen molar-refractivity contribution in [3.63, 3.8) is 0 Å². The molecule has 1 aromatic carbocycles. The SMILES string of the molecule is CCc1cccc(O[C@@H]2O[C@@H]3COC(C)(C)O[C@H]3[C@H](O)[C@H]2NC(C)=O)c1. The van der Waals surface area contributed by atoms with Crippen LogP contribution >= 0.6 is 0 Å². The van der Waals surface area contributed by atoms with Gasteiger partial charge in [-0.1, -0.05) is 19.1 Å². The summed E-state index contributed by atoms with van der Waals surface area (Å²) in [4.78, 5) is 11.6. The Bertz CT molecular complexity index is 649. The number of aliphatic hydroxyl groups is 1. The molecule has 2 heterocycles. The fourth-order valence-corrected chi connectivity index (χ4v) is 3.31. The van der Waals surface area contributed by atoms with E-state index in [0.29, 0.717) is 5.75 Å². The molecule has 1 amide bonds. The fourth-order valence-electron chi connectivity index (χ4n) is 3.31. The van der Waals surface area contributed by atoms with Crippen LogP contribution in [0.2, 0.25) is 0 Å². The van der Waals surface area contributed by atoms with Gasteiger partial charge in [0.05, 0.1) is 6.61 Å². The highest BCUT2D eigenvalue weighted by Crippen LogP contribution is 2.33. The summed E-state index contributed by atoms with van der Waals surface area (Å²) in [6.45, 7) is 7.28. The molecule has 0 unspecified atom stereocenters. The summed E-state index contributed by atoms with van der Waals surface area (Å²) in [5.74, 6) is -0.484. The van der Waals surface area contributed by atoms with Gasteiger partial charge < -0.3 is 29.4 Å². The van der Waals surface area contributed by atoms with E-state index < -0.39 is 36.4 Å². The molecule has 2 aliphatic heterocycles. The van der Waals surface area contributed by atoms with E-state index in [1.165, 1.54) is 6.92 Å². The van der Waals surface area contributed by atoms with Crippen molar-refractivity contribution in [2.75, 3.05) is 6.61 Å². The monoisotopic (exact) mass is 365 g/mol. The molecule has 7 heteroatoms. The minimum atomic E-state index is -0.986. The van der Waals surface area contributed by atoms with Gasteiger partial charge >= 0.3 is 0 Å². The second-order valence-corrected chi connectivity index (χ2v) is 7.17. The zero-order valence-corrected chi connectivity index (χ0v) is 15.6. The van der Waals surface area contributed by atoms with Crippen LogP contribution in [-0.2, 0) is 25.4 Å². The van der Waals surface area contributed by atoms with Crippen LogP contribution in [0.25, 0.3) is 0 Å². The third-order valence-corrected chi connectivity index (χ3v) is 4.62. The summed E-state index contributed by atoms with van der Waals surface area (Å²) in [7, 11) is 0. The third kappa shape index (κ3) is 4.17. The Morgan fingerprint density at radius 3 is 2.88 bits per heavy atom. The minimum absolute atomic E-state index is 0.274. The minimum Gasteiger partial charge on any atom is -0.463 e. The second-order valence-electron chi connectivity index (χ2n) is 7.17. The van der Waals surface area contributed by atoms with Gasteiger partial charge in [0.25, 0.3) is 0 Å². The van der Waals surface area contributed by atoms with Crippen molar-refractivity contribution in [1.29, 1.82) is 0 Å². The summed E-state index contributed by atoms with van der Waals surface area (Å²) in [6, 6.07) is 6.90. The Morgan fingerprint density at radius 2 is 2.19 bits per heavy atom. The molecular formula is C19H27NO6. The molecule has 7 nitrogen and oxygen atoms in total. The van der Waals surface area contributed by atoms with Gasteiger partial charge in [-0.15, -0.1) is 0 Å². The van der Waals surface area contributed by atoms with E-state index >= 15 is 0 Å². The van der Waals surface area contributed by atoms with E-state index in [4.69, 9.17) is 18.9 Å². The maximum atomic E-state index is 11.6. The first-order valence-corrected chi connectivity index (χ1v) is 8.97. The number of aryl methyl sites for hydroxylation is 1. The molecule has 0 saturated carbocycles. The molecule has 0 spiro atoms. The molecule has 0 aliphatic carbocycles. The van der Waals surface area contributed by atoms with Crippen LogP contribution in [0, 0.1) is 0 Å². The number of rotatable bonds is 4. The lowest BCUT2D eigenvalue weighted by molar-refractivity contribution is -0.361. The van der Waals surface area contributed by atoms with Crippen molar-refractivity contribution in [1.82, 2.24) is 5.32 Å². The molecule has 2 saturated heterocycles. The summed E-state index contributed by atoms with van der Waals surface area (Å²) in [6.07, 6.45) is -2.06. The van der Waals surface area contributed by atoms with Crippen molar-refractivity contribution in [2.24, 2.45) is 0 Å². The van der Waals surface area contributed by atoms with E-state index in [1.807, 2.05) is 24.3 Å². The van der Waals surface area contributed by atoms with E-state index in [-0.39, 0.29) is 12.5 Å². The number of aliphatic hydroxyl groups excluding tert-OH is 1. The lowest BCUT2D eigenvalue weighted by Crippen LogP contribution is -2.69. The number of carbonyl (C=O) groups is 1. The van der Waals surface area contributed by atoms with E-state index in [0.717, 1.165) is 12.0 Å². The number of fused-ring (bicyclic) bond motifs is 1. The first-order valence-electron chi connectivity index (χ1n) is 8.97. The summed E-state index contributed by atoms with van der Waals surface area (Å²) in [5.41, 5.74) is 1.12. The molecule has 0 bridgehead atoms. The Balaban J connectivity index is 1.81. The van der Waals surface area contributed by atoms with E-state index in [1.54, 1.807) is 13.8 Å². The molecule has 0 radical (unpaired) electrons. The van der Waals surface area contributed by atoms with Gasteiger partial charge in [-0.2, -0.15) is 0 Å². The smallest absolute Gasteiger partial charge is 0.223 e. The number of ether oxygens (including phenoxy) is 4. The lowest BCUT2D eigenvalue weighted by atomic mass is 9.95. The lowest BCUT2D eigenvalue weighted by Gasteiger charge is -2.49. The van der Waals surface area contributed by atoms with Crippen LogP contribution in [0.4, 0.5) is 0 Å². The quantitative estimate of drug-likeness (QED) is 0.838. The number of benzene rings is 1. The third-order valence-electron chi connectivity index (χ3n) is 4.62. The van der Waals surface area contributed by atoms with Crippen molar-refractivity contribution in [2.45, 2.75) is 70.5 Å². The summed E-state index contributed by atoms with van der Waals surface area (Å²) >= 11 is 0. The van der Waals surface area contributed by atoms with Crippen molar-refractivity contribution >= 4 is 5.91 Å². The van der Waals surface area contributed by atoms with Crippen LogP contribution in [0.3, 0.4) is 0 Å². The fraction of sp³-hybridized carbons (Fsp3) is 0.632. The second kappa shape index (κ2) is 7.52. The normalized spacial score (nSPS) is 33.2. The maximum absolute atomic E-state index is 11.6. The number of hydrogen-bond donors (Lipinski definition) is 2. The Labute approximate surface area is 153 Å². The predicted molar refractivity (Wildman–Crippen MR) is 93.6 cm³/mol. The number of carbonyl (C=O) groups excluding carboxylic acids is 1. The summed E-state index contributed by atoms with van der Waals surface area (Å²) < 4.78 is 23.4. The first kappa shape index (κ1) is 19.1. The Kier molecular flexibility index (Phi) is 5.53. The molecule has 0 aromatic heterocycles. The molecule has 1 aromatic rings. The highest BCUT2D eigenvalue weighted by Gasteiger charge is 2.52.